The third-order valence-corrected chi connectivity index (χ3v) is 21.5. The Morgan fingerprint density at radius 3 is 1.10 bits per heavy atom. The number of para-hydroxylation sites is 4. The van der Waals surface area contributed by atoms with Crippen molar-refractivity contribution in [1.82, 2.24) is 24.1 Å². The molecule has 8 aromatic carbocycles. The molecule has 276 valence electrons. The van der Waals surface area contributed by atoms with Gasteiger partial charge in [0, 0.05) is 0 Å². The van der Waals surface area contributed by atoms with E-state index in [1.807, 2.05) is 6.07 Å². The topological polar surface area (TPSA) is 72.3 Å². The molecule has 0 saturated carbocycles. The van der Waals surface area contributed by atoms with Crippen LogP contribution >= 0.6 is 0 Å². The second kappa shape index (κ2) is 14.1. The second-order valence-corrected chi connectivity index (χ2v) is 22.7. The number of hydrogen-bond donors (Lipinski definition) is 0. The van der Waals surface area contributed by atoms with Gasteiger partial charge in [-0.15, -0.1) is 0 Å². The molecule has 0 radical (unpaired) electrons. The summed E-state index contributed by atoms with van der Waals surface area (Å²) in [5.41, 5.74) is 5.29. The second-order valence-electron chi connectivity index (χ2n) is 14.8. The Kier molecular flexibility index (Phi) is 8.28. The first-order chi connectivity index (χ1) is 29.2. The summed E-state index contributed by atoms with van der Waals surface area (Å²) in [6.45, 7) is 0. The van der Waals surface area contributed by atoms with Crippen molar-refractivity contribution in [3.8, 4) is 29.4 Å². The van der Waals surface area contributed by atoms with E-state index in [0.29, 0.717) is 23.3 Å². The molecule has 3 aromatic heterocycles. The molecule has 11 aromatic rings. The molecule has 7 heteroatoms. The Morgan fingerprint density at radius 2 is 0.729 bits per heavy atom. The number of nitriles is 1. The van der Waals surface area contributed by atoms with Gasteiger partial charge in [0.15, 0.2) is 0 Å². The van der Waals surface area contributed by atoms with Crippen LogP contribution in [0.1, 0.15) is 5.56 Å². The molecule has 0 atom stereocenters. The van der Waals surface area contributed by atoms with Crippen LogP contribution in [-0.2, 0) is 0 Å². The number of rotatable bonds is 7. The van der Waals surface area contributed by atoms with E-state index in [1.54, 1.807) is 0 Å². The van der Waals surface area contributed by atoms with Crippen LogP contribution in [0.15, 0.2) is 206 Å². The average molecular weight is 815 g/mol. The summed E-state index contributed by atoms with van der Waals surface area (Å²) in [6, 6.07) is 74.8. The molecule has 0 saturated heterocycles. The van der Waals surface area contributed by atoms with Crippen molar-refractivity contribution in [1.29, 1.82) is 5.26 Å². The fourth-order valence-electron chi connectivity index (χ4n) is 9.06. The van der Waals surface area contributed by atoms with Crippen molar-refractivity contribution in [2.75, 3.05) is 0 Å². The van der Waals surface area contributed by atoms with Gasteiger partial charge in [-0.3, -0.25) is 0 Å². The van der Waals surface area contributed by atoms with Gasteiger partial charge in [-0.05, 0) is 0 Å². The summed E-state index contributed by atoms with van der Waals surface area (Å²) >= 11 is -3.81. The van der Waals surface area contributed by atoms with E-state index in [9.17, 15) is 5.26 Å². The van der Waals surface area contributed by atoms with Crippen molar-refractivity contribution in [2.24, 2.45) is 0 Å². The number of aromatic nitrogens is 5. The van der Waals surface area contributed by atoms with Crippen LogP contribution in [0.25, 0.3) is 66.9 Å². The maximum atomic E-state index is 10.8. The summed E-state index contributed by atoms with van der Waals surface area (Å²) in [7, 11) is 0. The van der Waals surface area contributed by atoms with Gasteiger partial charge in [0.05, 0.1) is 0 Å². The third-order valence-electron chi connectivity index (χ3n) is 11.5. The first kappa shape index (κ1) is 34.6. The predicted molar refractivity (Wildman–Crippen MR) is 242 cm³/mol. The maximum absolute atomic E-state index is 10.8. The summed E-state index contributed by atoms with van der Waals surface area (Å²) < 4.78 is 9.18. The average Bonchev–Trinajstić information content (AvgIpc) is 3.83. The fraction of sp³-hybridized carbons (Fsp3) is 0. The zero-order valence-electron chi connectivity index (χ0n) is 31.8. The zero-order valence-corrected chi connectivity index (χ0v) is 33.9. The molecule has 0 spiro atoms. The van der Waals surface area contributed by atoms with Crippen LogP contribution in [0.5, 0.6) is 0 Å². The third kappa shape index (κ3) is 5.51. The van der Waals surface area contributed by atoms with E-state index in [4.69, 9.17) is 15.0 Å². The van der Waals surface area contributed by atoms with Crippen LogP contribution in [0, 0.1) is 11.3 Å². The van der Waals surface area contributed by atoms with Crippen LogP contribution < -0.4 is 17.6 Å². The van der Waals surface area contributed by atoms with Crippen LogP contribution in [-0.4, -0.2) is 37.4 Å². The molecule has 0 aliphatic heterocycles. The van der Waals surface area contributed by atoms with Gasteiger partial charge in [0.1, 0.15) is 0 Å². The molecular weight excluding hydrogens is 781 g/mol. The van der Waals surface area contributed by atoms with E-state index >= 15 is 0 Å². The number of nitrogens with zero attached hydrogens (tertiary/aromatic N) is 6. The molecule has 11 rings (SSSR count). The first-order valence-electron chi connectivity index (χ1n) is 19.7. The summed E-state index contributed by atoms with van der Waals surface area (Å²) in [5, 5.41) is 15.3. The minimum absolute atomic E-state index is 0.484. The number of benzene rings is 8. The Bertz CT molecular complexity index is 3070. The molecule has 0 fully saturated rings. The van der Waals surface area contributed by atoms with Gasteiger partial charge in [0.25, 0.3) is 0 Å². The molecule has 0 N–H and O–H groups in total. The molecule has 6 nitrogen and oxygen atoms in total. The van der Waals surface area contributed by atoms with Crippen LogP contribution in [0.3, 0.4) is 0 Å². The van der Waals surface area contributed by atoms with Gasteiger partial charge < -0.3 is 0 Å². The normalized spacial score (nSPS) is 11.7. The Morgan fingerprint density at radius 1 is 0.373 bits per heavy atom. The van der Waals surface area contributed by atoms with Gasteiger partial charge in [-0.25, -0.2) is 0 Å². The van der Waals surface area contributed by atoms with Crippen LogP contribution in [0.4, 0.5) is 0 Å². The summed E-state index contributed by atoms with van der Waals surface area (Å²) in [6.07, 6.45) is 0. The Balaban J connectivity index is 1.25. The monoisotopic (exact) mass is 816 g/mol. The molecule has 0 aliphatic rings. The molecule has 0 amide bonds. The number of hydrogen-bond acceptors (Lipinski definition) is 4. The molecule has 0 unspecified atom stereocenters. The summed E-state index contributed by atoms with van der Waals surface area (Å²) in [5.74, 6) is 1.47. The zero-order chi connectivity index (χ0) is 39.3. The molecule has 59 heavy (non-hydrogen) atoms. The van der Waals surface area contributed by atoms with Crippen LogP contribution in [0.2, 0.25) is 0 Å². The van der Waals surface area contributed by atoms with E-state index in [1.165, 1.54) is 13.2 Å². The molecule has 0 aliphatic carbocycles. The van der Waals surface area contributed by atoms with Crippen molar-refractivity contribution >= 4 is 74.5 Å². The predicted octanol–water partition coefficient (Wildman–Crippen LogP) is 8.98. The number of fused-ring (bicyclic) bond motifs is 6. The van der Waals surface area contributed by atoms with E-state index in [0.717, 1.165) is 53.6 Å². The molecular formula is C52H34GeN6. The van der Waals surface area contributed by atoms with Crippen molar-refractivity contribution in [3.05, 3.63) is 212 Å². The van der Waals surface area contributed by atoms with E-state index in [-0.39, 0.29) is 0 Å². The SMILES string of the molecule is N#Cc1cc(-c2nc(-n3c4ccccc4c4ccccc43)nc(-n3c4ccccc4c4ccccc43)n2)c[c]([Ge]([c]2ccccc2)([c]2ccccc2)[c]2ccccc2)c1. The standard InChI is InChI=1S/C52H34GeN6/c54-35-36-32-37(34-41(33-36)53(38-18-4-1-5-19-38,39-20-6-2-7-21-39)40-22-8-3-9-23-40)50-55-51(58-46-28-14-10-24-42(46)43-25-11-15-29-47(43)58)57-52(56-50)59-48-30-16-12-26-44(48)45-27-13-17-31-49(45)59/h1-34H. The van der Waals surface area contributed by atoms with Gasteiger partial charge in [0.2, 0.25) is 0 Å². The van der Waals surface area contributed by atoms with E-state index < -0.39 is 13.3 Å². The van der Waals surface area contributed by atoms with Gasteiger partial charge in [-0.1, -0.05) is 0 Å². The van der Waals surface area contributed by atoms with Crippen molar-refractivity contribution < 1.29 is 0 Å². The van der Waals surface area contributed by atoms with Crippen molar-refractivity contribution in [2.45, 2.75) is 0 Å². The Labute approximate surface area is 343 Å². The fourth-order valence-corrected chi connectivity index (χ4v) is 19.2. The Hall–Kier alpha value is -7.60. The molecule has 0 bridgehead atoms. The quantitative estimate of drug-likeness (QED) is 0.151. The van der Waals surface area contributed by atoms with E-state index in [2.05, 4.69) is 215 Å². The molecule has 3 heterocycles. The minimum atomic E-state index is -3.81. The van der Waals surface area contributed by atoms with Gasteiger partial charge >= 0.3 is 345 Å². The first-order valence-corrected chi connectivity index (χ1v) is 23.9. The summed E-state index contributed by atoms with van der Waals surface area (Å²) in [4.78, 5) is 16.1. The van der Waals surface area contributed by atoms with Crippen molar-refractivity contribution in [3.63, 3.8) is 0 Å². The van der Waals surface area contributed by atoms with Gasteiger partial charge in [-0.2, -0.15) is 0 Å².